The molecule has 0 saturated heterocycles. The van der Waals surface area contributed by atoms with Gasteiger partial charge in [-0.25, -0.2) is 5.90 Å². The lowest BCUT2D eigenvalue weighted by Gasteiger charge is -2.03. The maximum absolute atomic E-state index is 4.96. The van der Waals surface area contributed by atoms with Gasteiger partial charge in [0.05, 0.1) is 6.61 Å². The van der Waals surface area contributed by atoms with Crippen molar-refractivity contribution in [2.45, 2.75) is 11.5 Å². The van der Waals surface area contributed by atoms with Gasteiger partial charge in [-0.3, -0.25) is 4.84 Å². The molecule has 12 heavy (non-hydrogen) atoms. The molecule has 2 N–H and O–H groups in total. The van der Waals surface area contributed by atoms with Crippen LogP contribution in [0.15, 0.2) is 27.6 Å². The summed E-state index contributed by atoms with van der Waals surface area (Å²) in [6.07, 6.45) is 2.04. The maximum Gasteiger partial charge on any atom is 0.0930 e. The molecule has 0 aliphatic rings. The normalized spacial score (nSPS) is 10.2. The molecule has 0 aromatic heterocycles. The van der Waals surface area contributed by atoms with Gasteiger partial charge in [-0.05, 0) is 39.9 Å². The fourth-order valence-corrected chi connectivity index (χ4v) is 2.27. The second-order valence-electron chi connectivity index (χ2n) is 2.28. The van der Waals surface area contributed by atoms with Crippen molar-refractivity contribution in [3.63, 3.8) is 0 Å². The summed E-state index contributed by atoms with van der Waals surface area (Å²) in [7, 11) is 0. The smallest absolute Gasteiger partial charge is 0.0930 e. The van der Waals surface area contributed by atoms with Crippen molar-refractivity contribution >= 4 is 27.7 Å². The monoisotopic (exact) mass is 247 g/mol. The molecule has 1 rings (SSSR count). The molecule has 0 aliphatic heterocycles. The van der Waals surface area contributed by atoms with Crippen LogP contribution < -0.4 is 5.90 Å². The highest BCUT2D eigenvalue weighted by atomic mass is 79.9. The van der Waals surface area contributed by atoms with Crippen molar-refractivity contribution in [2.24, 2.45) is 5.90 Å². The lowest BCUT2D eigenvalue weighted by molar-refractivity contribution is 0.124. The van der Waals surface area contributed by atoms with Crippen molar-refractivity contribution in [2.75, 3.05) is 6.26 Å². The van der Waals surface area contributed by atoms with Crippen molar-refractivity contribution in [1.29, 1.82) is 0 Å². The van der Waals surface area contributed by atoms with Gasteiger partial charge in [0.2, 0.25) is 0 Å². The number of benzene rings is 1. The summed E-state index contributed by atoms with van der Waals surface area (Å²) in [5.74, 6) is 4.96. The molecule has 1 aromatic carbocycles. The Hall–Kier alpha value is -0.0300. The van der Waals surface area contributed by atoms with Crippen LogP contribution in [0.1, 0.15) is 5.56 Å². The topological polar surface area (TPSA) is 35.2 Å². The number of hydrogen-bond donors (Lipinski definition) is 1. The van der Waals surface area contributed by atoms with Gasteiger partial charge in [0.15, 0.2) is 0 Å². The maximum atomic E-state index is 4.96. The summed E-state index contributed by atoms with van der Waals surface area (Å²) in [5.41, 5.74) is 1.07. The second-order valence-corrected chi connectivity index (χ2v) is 3.98. The average Bonchev–Trinajstić information content (AvgIpc) is 2.05. The highest BCUT2D eigenvalue weighted by Gasteiger charge is 1.99. The summed E-state index contributed by atoms with van der Waals surface area (Å²) >= 11 is 5.16. The quantitative estimate of drug-likeness (QED) is 0.659. The fraction of sp³-hybridized carbons (Fsp3) is 0.250. The summed E-state index contributed by atoms with van der Waals surface area (Å²) < 4.78 is 1.09. The van der Waals surface area contributed by atoms with Crippen molar-refractivity contribution in [3.05, 3.63) is 28.2 Å². The first-order chi connectivity index (χ1) is 5.77. The molecule has 2 nitrogen and oxygen atoms in total. The predicted octanol–water partition coefficient (Wildman–Crippen LogP) is 2.56. The number of nitrogens with two attached hydrogens (primary N) is 1. The van der Waals surface area contributed by atoms with Gasteiger partial charge in [-0.2, -0.15) is 0 Å². The first kappa shape index (κ1) is 10.1. The number of halogens is 1. The average molecular weight is 248 g/mol. The summed E-state index contributed by atoms with van der Waals surface area (Å²) in [5, 5.41) is 0. The summed E-state index contributed by atoms with van der Waals surface area (Å²) in [4.78, 5) is 5.75. The highest BCUT2D eigenvalue weighted by molar-refractivity contribution is 9.10. The minimum atomic E-state index is 0.452. The van der Waals surface area contributed by atoms with Crippen LogP contribution in [-0.4, -0.2) is 6.26 Å². The molecule has 66 valence electrons. The van der Waals surface area contributed by atoms with E-state index in [9.17, 15) is 0 Å². The van der Waals surface area contributed by atoms with E-state index in [-0.39, 0.29) is 0 Å². The van der Waals surface area contributed by atoms with Crippen LogP contribution in [-0.2, 0) is 11.4 Å². The largest absolute Gasteiger partial charge is 0.300 e. The van der Waals surface area contributed by atoms with E-state index in [1.165, 1.54) is 4.90 Å². The zero-order chi connectivity index (χ0) is 8.97. The molecule has 4 heteroatoms. The van der Waals surface area contributed by atoms with E-state index in [0.29, 0.717) is 6.61 Å². The van der Waals surface area contributed by atoms with E-state index >= 15 is 0 Å². The van der Waals surface area contributed by atoms with Crippen molar-refractivity contribution in [1.82, 2.24) is 0 Å². The van der Waals surface area contributed by atoms with Crippen LogP contribution in [0.2, 0.25) is 0 Å². The van der Waals surface area contributed by atoms with E-state index in [0.717, 1.165) is 10.0 Å². The summed E-state index contributed by atoms with van der Waals surface area (Å²) in [6, 6.07) is 6.06. The van der Waals surface area contributed by atoms with Gasteiger partial charge in [-0.15, -0.1) is 11.8 Å². The van der Waals surface area contributed by atoms with Gasteiger partial charge < -0.3 is 0 Å². The number of thioether (sulfide) groups is 1. The van der Waals surface area contributed by atoms with E-state index in [4.69, 9.17) is 5.90 Å². The molecule has 0 atom stereocenters. The zero-order valence-corrected chi connectivity index (χ0v) is 9.11. The highest BCUT2D eigenvalue weighted by Crippen LogP contribution is 2.26. The molecule has 1 aromatic rings. The van der Waals surface area contributed by atoms with Crippen molar-refractivity contribution < 1.29 is 4.84 Å². The van der Waals surface area contributed by atoms with Gasteiger partial charge in [0, 0.05) is 9.37 Å². The van der Waals surface area contributed by atoms with E-state index in [2.05, 4.69) is 20.8 Å². The Morgan fingerprint density at radius 2 is 2.33 bits per heavy atom. The van der Waals surface area contributed by atoms with Crippen molar-refractivity contribution in [3.8, 4) is 0 Å². The van der Waals surface area contributed by atoms with Gasteiger partial charge >= 0.3 is 0 Å². The predicted molar refractivity (Wildman–Crippen MR) is 54.9 cm³/mol. The molecule has 0 radical (unpaired) electrons. The van der Waals surface area contributed by atoms with Crippen LogP contribution in [0.5, 0.6) is 0 Å². The SMILES string of the molecule is CSc1ccc(CON)cc1Br. The van der Waals surface area contributed by atoms with Crippen LogP contribution in [0.4, 0.5) is 0 Å². The Morgan fingerprint density at radius 1 is 1.58 bits per heavy atom. The Morgan fingerprint density at radius 3 is 2.83 bits per heavy atom. The summed E-state index contributed by atoms with van der Waals surface area (Å²) in [6.45, 7) is 0.452. The molecular weight excluding hydrogens is 238 g/mol. The van der Waals surface area contributed by atoms with Crippen LogP contribution >= 0.6 is 27.7 Å². The Kier molecular flexibility index (Phi) is 4.08. The Bertz CT molecular complexity index is 267. The van der Waals surface area contributed by atoms with E-state index in [1.54, 1.807) is 11.8 Å². The third-order valence-electron chi connectivity index (χ3n) is 1.47. The molecular formula is C8H10BrNOS. The molecule has 0 saturated carbocycles. The minimum Gasteiger partial charge on any atom is -0.300 e. The Balaban J connectivity index is 2.86. The van der Waals surface area contributed by atoms with E-state index in [1.807, 2.05) is 24.5 Å². The van der Waals surface area contributed by atoms with Gasteiger partial charge in [0.25, 0.3) is 0 Å². The molecule has 0 unspecified atom stereocenters. The standard InChI is InChI=1S/C8H10BrNOS/c1-12-8-3-2-6(5-11-10)4-7(8)9/h2-4H,5,10H2,1H3. The van der Waals surface area contributed by atoms with Crippen LogP contribution in [0.3, 0.4) is 0 Å². The second kappa shape index (κ2) is 4.87. The molecule has 0 aliphatic carbocycles. The van der Waals surface area contributed by atoms with Crippen LogP contribution in [0.25, 0.3) is 0 Å². The molecule has 0 fully saturated rings. The molecule has 0 spiro atoms. The Labute approximate surface area is 84.6 Å². The zero-order valence-electron chi connectivity index (χ0n) is 6.71. The van der Waals surface area contributed by atoms with Gasteiger partial charge in [0.1, 0.15) is 0 Å². The first-order valence-corrected chi connectivity index (χ1v) is 5.44. The molecule has 0 heterocycles. The molecule has 0 bridgehead atoms. The lowest BCUT2D eigenvalue weighted by Crippen LogP contribution is -1.98. The number of rotatable bonds is 3. The third-order valence-corrected chi connectivity index (χ3v) is 3.18. The fourth-order valence-electron chi connectivity index (χ4n) is 0.896. The first-order valence-electron chi connectivity index (χ1n) is 3.42. The minimum absolute atomic E-state index is 0.452. The number of hydrogen-bond acceptors (Lipinski definition) is 3. The lowest BCUT2D eigenvalue weighted by atomic mass is 10.2. The van der Waals surface area contributed by atoms with Gasteiger partial charge in [-0.1, -0.05) is 6.07 Å². The third kappa shape index (κ3) is 2.48. The molecule has 0 amide bonds. The van der Waals surface area contributed by atoms with E-state index < -0.39 is 0 Å². The van der Waals surface area contributed by atoms with Crippen LogP contribution in [0, 0.1) is 0 Å².